The van der Waals surface area contributed by atoms with Crippen molar-refractivity contribution in [3.8, 4) is 12.1 Å². The average molecular weight is 385 g/mol. The van der Waals surface area contributed by atoms with E-state index in [0.717, 1.165) is 49.3 Å². The molecule has 0 heterocycles. The van der Waals surface area contributed by atoms with Crippen molar-refractivity contribution in [1.29, 1.82) is 10.5 Å². The zero-order chi connectivity index (χ0) is 21.2. The van der Waals surface area contributed by atoms with Crippen molar-refractivity contribution in [2.24, 2.45) is 0 Å². The van der Waals surface area contributed by atoms with Gasteiger partial charge >= 0.3 is 0 Å². The van der Waals surface area contributed by atoms with Crippen LogP contribution in [0, 0.1) is 43.4 Å². The number of hydrogen-bond donors (Lipinski definition) is 1. The number of anilines is 1. The monoisotopic (exact) mass is 385 g/mol. The van der Waals surface area contributed by atoms with Crippen LogP contribution in [-0.2, 0) is 0 Å². The normalized spacial score (nSPS) is 11.2. The average Bonchev–Trinajstić information content (AvgIpc) is 2.78. The summed E-state index contributed by atoms with van der Waals surface area (Å²) in [6.07, 6.45) is 0. The van der Waals surface area contributed by atoms with Crippen LogP contribution < -0.4 is 5.73 Å². The molecule has 0 saturated heterocycles. The van der Waals surface area contributed by atoms with E-state index in [1.165, 1.54) is 16.2 Å². The Labute approximate surface area is 174 Å². The Bertz CT molecular complexity index is 1640. The minimum Gasteiger partial charge on any atom is -0.398 e. The minimum atomic E-state index is 0.424. The second-order valence-corrected chi connectivity index (χ2v) is 7.91. The van der Waals surface area contributed by atoms with Crippen molar-refractivity contribution in [2.45, 2.75) is 20.8 Å². The summed E-state index contributed by atoms with van der Waals surface area (Å²) in [5.41, 5.74) is 11.2. The van der Waals surface area contributed by atoms with Crippen molar-refractivity contribution in [3.05, 3.63) is 76.3 Å². The molecule has 0 fully saturated rings. The number of nitrogens with two attached hydrogens (primary N) is 1. The quantitative estimate of drug-likeness (QED) is 0.187. The van der Waals surface area contributed by atoms with Crippen LogP contribution in [0.15, 0.2) is 48.5 Å². The van der Waals surface area contributed by atoms with E-state index in [-0.39, 0.29) is 0 Å². The molecular formula is C27H19N3. The van der Waals surface area contributed by atoms with Gasteiger partial charge in [-0.25, -0.2) is 0 Å². The summed E-state index contributed by atoms with van der Waals surface area (Å²) in [5.74, 6) is 0. The molecule has 0 aliphatic rings. The number of rotatable bonds is 0. The predicted molar refractivity (Wildman–Crippen MR) is 125 cm³/mol. The van der Waals surface area contributed by atoms with E-state index in [9.17, 15) is 10.5 Å². The van der Waals surface area contributed by atoms with E-state index >= 15 is 0 Å². The lowest BCUT2D eigenvalue weighted by Gasteiger charge is -2.17. The molecule has 0 bridgehead atoms. The molecule has 5 rings (SSSR count). The van der Waals surface area contributed by atoms with E-state index in [1.54, 1.807) is 0 Å². The smallest absolute Gasteiger partial charge is 0.101 e. The molecule has 5 aromatic rings. The van der Waals surface area contributed by atoms with Crippen LogP contribution in [0.4, 0.5) is 5.69 Å². The number of nitrogens with zero attached hydrogens (tertiary/aromatic N) is 2. The van der Waals surface area contributed by atoms with Crippen LogP contribution in [0.1, 0.15) is 27.8 Å². The number of nitriles is 2. The molecular weight excluding hydrogens is 366 g/mol. The lowest BCUT2D eigenvalue weighted by molar-refractivity contribution is 1.32. The predicted octanol–water partition coefficient (Wildman–Crippen LogP) is 6.55. The van der Waals surface area contributed by atoms with E-state index < -0.39 is 0 Å². The first-order valence-corrected chi connectivity index (χ1v) is 9.88. The molecule has 0 aromatic heterocycles. The number of benzene rings is 5. The Balaban J connectivity index is 2.10. The fourth-order valence-corrected chi connectivity index (χ4v) is 4.77. The number of hydrogen-bond acceptors (Lipinski definition) is 3. The molecule has 3 heteroatoms. The van der Waals surface area contributed by atoms with Gasteiger partial charge in [-0.2, -0.15) is 10.5 Å². The molecule has 5 aromatic carbocycles. The Kier molecular flexibility index (Phi) is 3.72. The molecule has 0 aliphatic heterocycles. The fourth-order valence-electron chi connectivity index (χ4n) is 4.77. The Morgan fingerprint density at radius 3 is 2.07 bits per heavy atom. The van der Waals surface area contributed by atoms with E-state index in [1.807, 2.05) is 26.0 Å². The lowest BCUT2D eigenvalue weighted by Crippen LogP contribution is -1.98. The lowest BCUT2D eigenvalue weighted by atomic mass is 9.86. The van der Waals surface area contributed by atoms with Crippen LogP contribution in [0.2, 0.25) is 0 Å². The van der Waals surface area contributed by atoms with E-state index in [2.05, 4.69) is 55.5 Å². The van der Waals surface area contributed by atoms with Crippen molar-refractivity contribution in [1.82, 2.24) is 0 Å². The maximum absolute atomic E-state index is 9.82. The van der Waals surface area contributed by atoms with Gasteiger partial charge < -0.3 is 5.73 Å². The number of nitrogen functional groups attached to an aromatic ring is 1. The van der Waals surface area contributed by atoms with Crippen LogP contribution in [0.5, 0.6) is 0 Å². The molecule has 0 saturated carbocycles. The van der Waals surface area contributed by atoms with Gasteiger partial charge in [0.25, 0.3) is 0 Å². The Hall–Kier alpha value is -4.08. The minimum absolute atomic E-state index is 0.424. The highest BCUT2D eigenvalue weighted by Crippen LogP contribution is 2.41. The standard InChI is InChI=1S/C27H19N3/c1-14-15(2)24(12-28)25(13-29)22-11-23-21(10-20(14)22)19-9-8-17-6-4-5-7-18(17)26(19)16(3)27(23)30/h4-11H,30H2,1-3H3. The summed E-state index contributed by atoms with van der Waals surface area (Å²) >= 11 is 0. The fraction of sp³-hybridized carbons (Fsp3) is 0.111. The van der Waals surface area contributed by atoms with Crippen molar-refractivity contribution >= 4 is 48.8 Å². The summed E-state index contributed by atoms with van der Waals surface area (Å²) in [6.45, 7) is 5.98. The summed E-state index contributed by atoms with van der Waals surface area (Å²) in [7, 11) is 0. The highest BCUT2D eigenvalue weighted by atomic mass is 14.6. The molecule has 142 valence electrons. The highest BCUT2D eigenvalue weighted by Gasteiger charge is 2.18. The van der Waals surface area contributed by atoms with Gasteiger partial charge in [-0.1, -0.05) is 36.4 Å². The van der Waals surface area contributed by atoms with Crippen LogP contribution in [0.25, 0.3) is 43.1 Å². The van der Waals surface area contributed by atoms with E-state index in [0.29, 0.717) is 11.1 Å². The Morgan fingerprint density at radius 1 is 0.633 bits per heavy atom. The van der Waals surface area contributed by atoms with Crippen molar-refractivity contribution in [2.75, 3.05) is 5.73 Å². The summed E-state index contributed by atoms with van der Waals surface area (Å²) in [4.78, 5) is 0. The van der Waals surface area contributed by atoms with Crippen LogP contribution >= 0.6 is 0 Å². The molecule has 0 amide bonds. The number of aryl methyl sites for hydroxylation is 2. The van der Waals surface area contributed by atoms with E-state index in [4.69, 9.17) is 5.73 Å². The van der Waals surface area contributed by atoms with Gasteiger partial charge in [-0.3, -0.25) is 0 Å². The third-order valence-corrected chi connectivity index (χ3v) is 6.53. The maximum atomic E-state index is 9.82. The largest absolute Gasteiger partial charge is 0.398 e. The summed E-state index contributed by atoms with van der Waals surface area (Å²) < 4.78 is 0. The maximum Gasteiger partial charge on any atom is 0.101 e. The topological polar surface area (TPSA) is 73.6 Å². The van der Waals surface area contributed by atoms with Gasteiger partial charge in [0.1, 0.15) is 12.1 Å². The molecule has 2 N–H and O–H groups in total. The molecule has 30 heavy (non-hydrogen) atoms. The summed E-state index contributed by atoms with van der Waals surface area (Å²) in [6, 6.07) is 21.3. The summed E-state index contributed by atoms with van der Waals surface area (Å²) in [5, 5.41) is 27.9. The van der Waals surface area contributed by atoms with Gasteiger partial charge in [0.05, 0.1) is 11.1 Å². The third-order valence-electron chi connectivity index (χ3n) is 6.53. The van der Waals surface area contributed by atoms with Gasteiger partial charge in [0.2, 0.25) is 0 Å². The molecule has 0 spiro atoms. The Morgan fingerprint density at radius 2 is 1.33 bits per heavy atom. The highest BCUT2D eigenvalue weighted by molar-refractivity contribution is 6.24. The van der Waals surface area contributed by atoms with Gasteiger partial charge in [0, 0.05) is 16.5 Å². The van der Waals surface area contributed by atoms with Gasteiger partial charge in [-0.05, 0) is 81.9 Å². The first-order chi connectivity index (χ1) is 14.5. The first-order valence-electron chi connectivity index (χ1n) is 9.88. The molecule has 0 radical (unpaired) electrons. The van der Waals surface area contributed by atoms with Gasteiger partial charge in [0.15, 0.2) is 0 Å². The second-order valence-electron chi connectivity index (χ2n) is 7.91. The van der Waals surface area contributed by atoms with Crippen molar-refractivity contribution in [3.63, 3.8) is 0 Å². The molecule has 0 aliphatic carbocycles. The zero-order valence-corrected chi connectivity index (χ0v) is 17.1. The van der Waals surface area contributed by atoms with Crippen molar-refractivity contribution < 1.29 is 0 Å². The zero-order valence-electron chi connectivity index (χ0n) is 17.1. The number of fused-ring (bicyclic) bond motifs is 6. The second kappa shape index (κ2) is 6.21. The van der Waals surface area contributed by atoms with Gasteiger partial charge in [-0.15, -0.1) is 0 Å². The molecule has 0 unspecified atom stereocenters. The third kappa shape index (κ3) is 2.18. The molecule has 0 atom stereocenters. The van der Waals surface area contributed by atoms with Crippen LogP contribution in [0.3, 0.4) is 0 Å². The first kappa shape index (κ1) is 18.0. The molecule has 3 nitrogen and oxygen atoms in total. The SMILES string of the molecule is Cc1c(C#N)c(C#N)c2cc3c(N)c(C)c4c5ccccc5ccc4c3cc2c1C. The van der Waals surface area contributed by atoms with Crippen LogP contribution in [-0.4, -0.2) is 0 Å².